The monoisotopic (exact) mass is 521 g/mol. The molecule has 3 rings (SSSR count). The Kier molecular flexibility index (Phi) is 8.78. The lowest BCUT2D eigenvalue weighted by atomic mass is 10.1. The van der Waals surface area contributed by atoms with Crippen LogP contribution in [0.2, 0.25) is 0 Å². The molecule has 0 saturated carbocycles. The number of anilines is 1. The molecule has 2 atom stereocenters. The normalized spacial score (nSPS) is 14.5. The minimum Gasteiger partial charge on any atom is -0.486 e. The lowest BCUT2D eigenvalue weighted by Crippen LogP contribution is -2.52. The lowest BCUT2D eigenvalue weighted by Gasteiger charge is -2.32. The Morgan fingerprint density at radius 2 is 1.75 bits per heavy atom. The SMILES string of the molecule is CC[C@H](C)NC(=O)[C@H](C)N(Cc1ccccc1F)C(=O)CN(c1ccc2c(c1)OCCO2)S(C)(=O)=O. The molecule has 2 amide bonds. The van der Waals surface area contributed by atoms with Gasteiger partial charge in [0.05, 0.1) is 11.9 Å². The van der Waals surface area contributed by atoms with Crippen LogP contribution in [0.25, 0.3) is 0 Å². The smallest absolute Gasteiger partial charge is 0.244 e. The van der Waals surface area contributed by atoms with Gasteiger partial charge in [0.2, 0.25) is 21.8 Å². The number of nitrogens with zero attached hydrogens (tertiary/aromatic N) is 2. The van der Waals surface area contributed by atoms with Crippen molar-refractivity contribution in [1.29, 1.82) is 0 Å². The molecule has 0 spiro atoms. The molecule has 2 aromatic rings. The summed E-state index contributed by atoms with van der Waals surface area (Å²) in [5.41, 5.74) is 0.414. The zero-order chi connectivity index (χ0) is 26.5. The molecule has 0 aromatic heterocycles. The molecule has 11 heteroatoms. The third kappa shape index (κ3) is 6.66. The number of hydrogen-bond acceptors (Lipinski definition) is 6. The van der Waals surface area contributed by atoms with E-state index in [1.54, 1.807) is 12.1 Å². The van der Waals surface area contributed by atoms with Gasteiger partial charge in [-0.1, -0.05) is 25.1 Å². The van der Waals surface area contributed by atoms with Gasteiger partial charge in [-0.15, -0.1) is 0 Å². The maximum Gasteiger partial charge on any atom is 0.244 e. The Hall–Kier alpha value is -3.34. The minimum atomic E-state index is -3.91. The highest BCUT2D eigenvalue weighted by Crippen LogP contribution is 2.34. The standard InChI is InChI=1S/C25H32FN3O6S/c1-5-17(2)27-25(31)18(3)28(15-19-8-6-7-9-21(19)26)24(30)16-29(36(4,32)33)20-10-11-22-23(14-20)35-13-12-34-22/h6-11,14,17-18H,5,12-13,15-16H2,1-4H3,(H,27,31)/t17-,18-/m0/s1. The second-order valence-corrected chi connectivity index (χ2v) is 10.6. The van der Waals surface area contributed by atoms with E-state index in [1.165, 1.54) is 42.2 Å². The van der Waals surface area contributed by atoms with E-state index < -0.39 is 40.2 Å². The summed E-state index contributed by atoms with van der Waals surface area (Å²) >= 11 is 0. The van der Waals surface area contributed by atoms with Gasteiger partial charge in [-0.3, -0.25) is 13.9 Å². The summed E-state index contributed by atoms with van der Waals surface area (Å²) in [4.78, 5) is 27.6. The summed E-state index contributed by atoms with van der Waals surface area (Å²) < 4.78 is 51.8. The molecule has 0 bridgehead atoms. The van der Waals surface area contributed by atoms with Gasteiger partial charge in [0.25, 0.3) is 0 Å². The molecule has 196 valence electrons. The van der Waals surface area contributed by atoms with Crippen LogP contribution >= 0.6 is 0 Å². The summed E-state index contributed by atoms with van der Waals surface area (Å²) in [5.74, 6) is -0.771. The average Bonchev–Trinajstić information content (AvgIpc) is 2.85. The van der Waals surface area contributed by atoms with E-state index in [4.69, 9.17) is 9.47 Å². The molecule has 2 aromatic carbocycles. The Labute approximate surface area is 211 Å². The number of hydrogen-bond donors (Lipinski definition) is 1. The van der Waals surface area contributed by atoms with E-state index in [-0.39, 0.29) is 23.8 Å². The lowest BCUT2D eigenvalue weighted by molar-refractivity contribution is -0.139. The largest absolute Gasteiger partial charge is 0.486 e. The zero-order valence-electron chi connectivity index (χ0n) is 20.9. The van der Waals surface area contributed by atoms with Crippen LogP contribution in [0.3, 0.4) is 0 Å². The summed E-state index contributed by atoms with van der Waals surface area (Å²) in [6, 6.07) is 9.41. The van der Waals surface area contributed by atoms with E-state index in [0.717, 1.165) is 10.6 Å². The summed E-state index contributed by atoms with van der Waals surface area (Å²) in [6.07, 6.45) is 1.67. The zero-order valence-corrected chi connectivity index (χ0v) is 21.7. The highest BCUT2D eigenvalue weighted by atomic mass is 32.2. The first-order valence-corrected chi connectivity index (χ1v) is 13.6. The highest BCUT2D eigenvalue weighted by Gasteiger charge is 2.31. The van der Waals surface area contributed by atoms with Crippen LogP contribution in [0.1, 0.15) is 32.8 Å². The number of nitrogens with one attached hydrogen (secondary N) is 1. The number of benzene rings is 2. The predicted octanol–water partition coefficient (Wildman–Crippen LogP) is 2.69. The quantitative estimate of drug-likeness (QED) is 0.516. The van der Waals surface area contributed by atoms with Crippen LogP contribution in [0.5, 0.6) is 11.5 Å². The second-order valence-electron chi connectivity index (χ2n) is 8.70. The number of carbonyl (C=O) groups is 2. The molecule has 0 radical (unpaired) electrons. The molecule has 0 aliphatic carbocycles. The molecule has 0 saturated heterocycles. The van der Waals surface area contributed by atoms with Crippen molar-refractivity contribution in [3.63, 3.8) is 0 Å². The van der Waals surface area contributed by atoms with Crippen LogP contribution < -0.4 is 19.1 Å². The van der Waals surface area contributed by atoms with Gasteiger partial charge in [-0.2, -0.15) is 0 Å². The summed E-state index contributed by atoms with van der Waals surface area (Å²) in [6.45, 7) is 5.17. The van der Waals surface area contributed by atoms with Gasteiger partial charge in [-0.05, 0) is 38.5 Å². The van der Waals surface area contributed by atoms with Crippen molar-refractivity contribution in [3.8, 4) is 11.5 Å². The van der Waals surface area contributed by atoms with Gasteiger partial charge in [0.15, 0.2) is 11.5 Å². The summed E-state index contributed by atoms with van der Waals surface area (Å²) in [7, 11) is -3.91. The van der Waals surface area contributed by atoms with Gasteiger partial charge in [0.1, 0.15) is 31.6 Å². The van der Waals surface area contributed by atoms with Crippen molar-refractivity contribution >= 4 is 27.5 Å². The molecular weight excluding hydrogens is 489 g/mol. The number of amides is 2. The summed E-state index contributed by atoms with van der Waals surface area (Å²) in [5, 5.41) is 2.83. The number of rotatable bonds is 10. The first-order chi connectivity index (χ1) is 17.0. The Morgan fingerprint density at radius 1 is 1.08 bits per heavy atom. The van der Waals surface area contributed by atoms with Gasteiger partial charge in [0, 0.05) is 24.2 Å². The van der Waals surface area contributed by atoms with Crippen molar-refractivity contribution in [2.75, 3.05) is 30.3 Å². The molecule has 1 heterocycles. The van der Waals surface area contributed by atoms with Gasteiger partial charge >= 0.3 is 0 Å². The highest BCUT2D eigenvalue weighted by molar-refractivity contribution is 7.92. The van der Waals surface area contributed by atoms with Gasteiger partial charge < -0.3 is 19.7 Å². The Morgan fingerprint density at radius 3 is 2.39 bits per heavy atom. The number of sulfonamides is 1. The molecular formula is C25H32FN3O6S. The molecule has 1 aliphatic rings. The number of ether oxygens (including phenoxy) is 2. The first kappa shape index (κ1) is 27.3. The van der Waals surface area contributed by atoms with Crippen molar-refractivity contribution in [3.05, 3.63) is 53.8 Å². The topological polar surface area (TPSA) is 105 Å². The van der Waals surface area contributed by atoms with E-state index in [1.807, 2.05) is 13.8 Å². The molecule has 0 fully saturated rings. The maximum absolute atomic E-state index is 14.4. The minimum absolute atomic E-state index is 0.129. The number of halogens is 1. The predicted molar refractivity (Wildman–Crippen MR) is 134 cm³/mol. The van der Waals surface area contributed by atoms with Crippen LogP contribution in [-0.4, -0.2) is 63.2 Å². The fraction of sp³-hybridized carbons (Fsp3) is 0.440. The van der Waals surface area contributed by atoms with E-state index in [0.29, 0.717) is 31.1 Å². The fourth-order valence-corrected chi connectivity index (χ4v) is 4.50. The molecule has 1 N–H and O–H groups in total. The van der Waals surface area contributed by atoms with Crippen LogP contribution in [0.15, 0.2) is 42.5 Å². The Balaban J connectivity index is 1.92. The molecule has 1 aliphatic heterocycles. The van der Waals surface area contributed by atoms with E-state index >= 15 is 0 Å². The molecule has 9 nitrogen and oxygen atoms in total. The van der Waals surface area contributed by atoms with Crippen molar-refractivity contribution in [2.45, 2.75) is 45.8 Å². The second kappa shape index (κ2) is 11.6. The third-order valence-electron chi connectivity index (χ3n) is 5.96. The van der Waals surface area contributed by atoms with Gasteiger partial charge in [-0.25, -0.2) is 12.8 Å². The fourth-order valence-electron chi connectivity index (χ4n) is 3.66. The molecule has 36 heavy (non-hydrogen) atoms. The Bertz CT molecular complexity index is 1210. The first-order valence-electron chi connectivity index (χ1n) is 11.7. The van der Waals surface area contributed by atoms with Crippen LogP contribution in [0, 0.1) is 5.82 Å². The van der Waals surface area contributed by atoms with Crippen LogP contribution in [-0.2, 0) is 26.2 Å². The van der Waals surface area contributed by atoms with Crippen LogP contribution in [0.4, 0.5) is 10.1 Å². The van der Waals surface area contributed by atoms with Crippen molar-refractivity contribution in [1.82, 2.24) is 10.2 Å². The number of carbonyl (C=O) groups excluding carboxylic acids is 2. The van der Waals surface area contributed by atoms with Crippen molar-refractivity contribution < 1.29 is 31.9 Å². The molecule has 0 unspecified atom stereocenters. The third-order valence-corrected chi connectivity index (χ3v) is 7.10. The van der Waals surface area contributed by atoms with Crippen molar-refractivity contribution in [2.24, 2.45) is 0 Å². The van der Waals surface area contributed by atoms with E-state index in [9.17, 15) is 22.4 Å². The number of fused-ring (bicyclic) bond motifs is 1. The van der Waals surface area contributed by atoms with E-state index in [2.05, 4.69) is 5.32 Å². The average molecular weight is 522 g/mol. The maximum atomic E-state index is 14.4.